The van der Waals surface area contributed by atoms with E-state index in [0.29, 0.717) is 12.0 Å². The highest BCUT2D eigenvalue weighted by atomic mass is 16.1. The highest BCUT2D eigenvalue weighted by Gasteiger charge is 2.19. The Labute approximate surface area is 100 Å². The first kappa shape index (κ1) is 10.8. The van der Waals surface area contributed by atoms with Gasteiger partial charge in [0.25, 0.3) is 5.56 Å². The molecule has 0 radical (unpaired) electrons. The minimum absolute atomic E-state index is 0.0405. The zero-order valence-electron chi connectivity index (χ0n) is 9.88. The van der Waals surface area contributed by atoms with Gasteiger partial charge in [0, 0.05) is 18.2 Å². The first-order valence-corrected chi connectivity index (χ1v) is 6.42. The van der Waals surface area contributed by atoms with Crippen molar-refractivity contribution in [3.8, 4) is 0 Å². The molecule has 0 spiro atoms. The van der Waals surface area contributed by atoms with Gasteiger partial charge >= 0.3 is 0 Å². The lowest BCUT2D eigenvalue weighted by Crippen LogP contribution is -2.39. The number of piperidine rings is 1. The second-order valence-corrected chi connectivity index (χ2v) is 4.88. The third-order valence-electron chi connectivity index (χ3n) is 3.58. The van der Waals surface area contributed by atoms with Crippen LogP contribution in [0.2, 0.25) is 0 Å². The van der Waals surface area contributed by atoms with Gasteiger partial charge in [-0.05, 0) is 38.6 Å². The molecule has 1 aromatic rings. The lowest BCUT2D eigenvalue weighted by Gasteiger charge is -2.24. The molecule has 3 rings (SSSR count). The number of anilines is 1. The molecular weight excluding hydrogens is 216 g/mol. The van der Waals surface area contributed by atoms with E-state index in [9.17, 15) is 4.79 Å². The zero-order chi connectivity index (χ0) is 11.7. The van der Waals surface area contributed by atoms with E-state index in [2.05, 4.69) is 20.6 Å². The van der Waals surface area contributed by atoms with Crippen LogP contribution in [0.1, 0.15) is 30.5 Å². The molecule has 3 N–H and O–H groups in total. The van der Waals surface area contributed by atoms with Crippen LogP contribution in [0.5, 0.6) is 0 Å². The lowest BCUT2D eigenvalue weighted by atomic mass is 10.1. The standard InChI is InChI=1S/C12H18N4O/c17-11-9-4-1-5-10(9)15-12(16-11)14-8-3-2-6-13-7-8/h8,13H,1-7H2,(H2,14,15,16,17). The molecule has 1 saturated heterocycles. The van der Waals surface area contributed by atoms with Gasteiger partial charge in [0.05, 0.1) is 5.69 Å². The van der Waals surface area contributed by atoms with Crippen molar-refractivity contribution >= 4 is 5.95 Å². The Bertz CT molecular complexity index is 462. The van der Waals surface area contributed by atoms with E-state index >= 15 is 0 Å². The van der Waals surface area contributed by atoms with Gasteiger partial charge in [-0.25, -0.2) is 4.98 Å². The number of nitrogens with one attached hydrogen (secondary N) is 3. The van der Waals surface area contributed by atoms with E-state index in [1.165, 1.54) is 6.42 Å². The number of aromatic nitrogens is 2. The number of hydrogen-bond acceptors (Lipinski definition) is 4. The summed E-state index contributed by atoms with van der Waals surface area (Å²) in [6.07, 6.45) is 5.18. The number of hydrogen-bond donors (Lipinski definition) is 3. The van der Waals surface area contributed by atoms with Crippen molar-refractivity contribution in [2.24, 2.45) is 0 Å². The quantitative estimate of drug-likeness (QED) is 0.694. The Morgan fingerprint density at radius 3 is 3.06 bits per heavy atom. The smallest absolute Gasteiger partial charge is 0.255 e. The maximum atomic E-state index is 11.8. The summed E-state index contributed by atoms with van der Waals surface area (Å²) in [4.78, 5) is 19.2. The molecule has 1 aliphatic heterocycles. The zero-order valence-corrected chi connectivity index (χ0v) is 9.88. The van der Waals surface area contributed by atoms with Crippen molar-refractivity contribution < 1.29 is 0 Å². The van der Waals surface area contributed by atoms with Gasteiger partial charge in [0.1, 0.15) is 0 Å². The molecule has 1 aromatic heterocycles. The Hall–Kier alpha value is -1.36. The van der Waals surface area contributed by atoms with E-state index in [1.807, 2.05) is 0 Å². The number of fused-ring (bicyclic) bond motifs is 1. The van der Waals surface area contributed by atoms with Gasteiger partial charge in [-0.2, -0.15) is 0 Å². The van der Waals surface area contributed by atoms with Gasteiger partial charge in [-0.1, -0.05) is 0 Å². The molecule has 5 nitrogen and oxygen atoms in total. The summed E-state index contributed by atoms with van der Waals surface area (Å²) in [5, 5.41) is 6.66. The lowest BCUT2D eigenvalue weighted by molar-refractivity contribution is 0.477. The van der Waals surface area contributed by atoms with E-state index in [0.717, 1.165) is 50.0 Å². The largest absolute Gasteiger partial charge is 0.352 e. The Kier molecular flexibility index (Phi) is 2.84. The fourth-order valence-electron chi connectivity index (χ4n) is 2.68. The van der Waals surface area contributed by atoms with Crippen LogP contribution < -0.4 is 16.2 Å². The maximum Gasteiger partial charge on any atom is 0.255 e. The number of nitrogens with zero attached hydrogens (tertiary/aromatic N) is 1. The van der Waals surface area contributed by atoms with Crippen molar-refractivity contribution in [2.45, 2.75) is 38.1 Å². The fraction of sp³-hybridized carbons (Fsp3) is 0.667. The minimum atomic E-state index is 0.0405. The Morgan fingerprint density at radius 2 is 2.24 bits per heavy atom. The normalized spacial score (nSPS) is 23.4. The van der Waals surface area contributed by atoms with Crippen LogP contribution in [0, 0.1) is 0 Å². The molecule has 0 bridgehead atoms. The predicted octanol–water partition coefficient (Wildman–Crippen LogP) is 0.423. The summed E-state index contributed by atoms with van der Waals surface area (Å²) >= 11 is 0. The van der Waals surface area contributed by atoms with Crippen LogP contribution in [0.15, 0.2) is 4.79 Å². The number of aryl methyl sites for hydroxylation is 1. The summed E-state index contributed by atoms with van der Waals surface area (Å²) in [6, 6.07) is 0.381. The SMILES string of the molecule is O=c1[nH]c(NC2CCCNC2)nc2c1CCC2. The number of rotatable bonds is 2. The van der Waals surface area contributed by atoms with E-state index in [4.69, 9.17) is 0 Å². The van der Waals surface area contributed by atoms with Crippen molar-refractivity contribution in [3.05, 3.63) is 21.6 Å². The average Bonchev–Trinajstić information content (AvgIpc) is 2.79. The summed E-state index contributed by atoms with van der Waals surface area (Å²) in [6.45, 7) is 2.03. The van der Waals surface area contributed by atoms with Gasteiger partial charge in [0.15, 0.2) is 0 Å². The molecule has 5 heteroatoms. The van der Waals surface area contributed by atoms with Crippen LogP contribution in [0.4, 0.5) is 5.95 Å². The van der Waals surface area contributed by atoms with Gasteiger partial charge in [0.2, 0.25) is 5.95 Å². The Balaban J connectivity index is 1.79. The van der Waals surface area contributed by atoms with E-state index in [1.54, 1.807) is 0 Å². The monoisotopic (exact) mass is 234 g/mol. The molecule has 1 unspecified atom stereocenters. The second-order valence-electron chi connectivity index (χ2n) is 4.88. The van der Waals surface area contributed by atoms with Gasteiger partial charge in [-0.15, -0.1) is 0 Å². The first-order valence-electron chi connectivity index (χ1n) is 6.42. The molecule has 1 atom stereocenters. The summed E-state index contributed by atoms with van der Waals surface area (Å²) < 4.78 is 0. The highest BCUT2D eigenvalue weighted by molar-refractivity contribution is 5.33. The molecule has 1 aliphatic carbocycles. The molecule has 1 fully saturated rings. The van der Waals surface area contributed by atoms with Crippen LogP contribution in [0.3, 0.4) is 0 Å². The van der Waals surface area contributed by atoms with E-state index < -0.39 is 0 Å². The molecular formula is C12H18N4O. The molecule has 0 amide bonds. The summed E-state index contributed by atoms with van der Waals surface area (Å²) in [7, 11) is 0. The molecule has 92 valence electrons. The van der Waals surface area contributed by atoms with E-state index in [-0.39, 0.29) is 5.56 Å². The first-order chi connectivity index (χ1) is 8.33. The third-order valence-corrected chi connectivity index (χ3v) is 3.58. The van der Waals surface area contributed by atoms with Crippen LogP contribution in [0.25, 0.3) is 0 Å². The number of aromatic amines is 1. The fourth-order valence-corrected chi connectivity index (χ4v) is 2.68. The molecule has 2 aliphatic rings. The second kappa shape index (κ2) is 4.49. The average molecular weight is 234 g/mol. The maximum absolute atomic E-state index is 11.8. The molecule has 0 aromatic carbocycles. The Morgan fingerprint density at radius 1 is 1.29 bits per heavy atom. The van der Waals surface area contributed by atoms with Crippen LogP contribution >= 0.6 is 0 Å². The van der Waals surface area contributed by atoms with Crippen molar-refractivity contribution in [3.63, 3.8) is 0 Å². The van der Waals surface area contributed by atoms with Gasteiger partial charge < -0.3 is 10.6 Å². The minimum Gasteiger partial charge on any atom is -0.352 e. The topological polar surface area (TPSA) is 69.8 Å². The van der Waals surface area contributed by atoms with Crippen molar-refractivity contribution in [2.75, 3.05) is 18.4 Å². The van der Waals surface area contributed by atoms with Gasteiger partial charge in [-0.3, -0.25) is 9.78 Å². The number of H-pyrrole nitrogens is 1. The summed E-state index contributed by atoms with van der Waals surface area (Å²) in [5.41, 5.74) is 1.91. The van der Waals surface area contributed by atoms with Crippen LogP contribution in [-0.2, 0) is 12.8 Å². The third kappa shape index (κ3) is 2.20. The molecule has 17 heavy (non-hydrogen) atoms. The molecule has 0 saturated carbocycles. The predicted molar refractivity (Wildman–Crippen MR) is 66.4 cm³/mol. The van der Waals surface area contributed by atoms with Crippen LogP contribution in [-0.4, -0.2) is 29.1 Å². The highest BCUT2D eigenvalue weighted by Crippen LogP contribution is 2.17. The summed E-state index contributed by atoms with van der Waals surface area (Å²) in [5.74, 6) is 0.643. The van der Waals surface area contributed by atoms with Crippen molar-refractivity contribution in [1.82, 2.24) is 15.3 Å². The van der Waals surface area contributed by atoms with Crippen molar-refractivity contribution in [1.29, 1.82) is 0 Å². The molecule has 2 heterocycles.